The van der Waals surface area contributed by atoms with Gasteiger partial charge in [0.05, 0.1) is 6.07 Å². The Balaban J connectivity index is 2.44. The molecular formula is C11H11F2N. The third kappa shape index (κ3) is 3.14. The van der Waals surface area contributed by atoms with Crippen LogP contribution >= 0.6 is 0 Å². The third-order valence-electron chi connectivity index (χ3n) is 1.99. The number of hydrogen-bond donors (Lipinski definition) is 0. The molecule has 0 N–H and O–H groups in total. The van der Waals surface area contributed by atoms with Crippen molar-refractivity contribution in [3.8, 4) is 6.07 Å². The van der Waals surface area contributed by atoms with Crippen LogP contribution in [0.1, 0.15) is 24.8 Å². The van der Waals surface area contributed by atoms with E-state index in [1.165, 1.54) is 6.07 Å². The largest absolute Gasteiger partial charge is 0.204 e. The standard InChI is InChI=1S/C11H11F2N/c12-10-6-5-9(8-11(10)13)4-2-1-3-7-14/h5-6,8H,1-4H2. The van der Waals surface area contributed by atoms with Crippen molar-refractivity contribution in [3.05, 3.63) is 35.4 Å². The summed E-state index contributed by atoms with van der Waals surface area (Å²) in [6, 6.07) is 5.96. The van der Waals surface area contributed by atoms with Gasteiger partial charge in [0, 0.05) is 6.42 Å². The highest BCUT2D eigenvalue weighted by molar-refractivity contribution is 5.17. The number of rotatable bonds is 4. The van der Waals surface area contributed by atoms with Gasteiger partial charge in [-0.3, -0.25) is 0 Å². The molecule has 0 saturated heterocycles. The monoisotopic (exact) mass is 195 g/mol. The molecule has 0 atom stereocenters. The van der Waals surface area contributed by atoms with Crippen LogP contribution in [0.25, 0.3) is 0 Å². The number of nitrogens with zero attached hydrogens (tertiary/aromatic N) is 1. The molecule has 14 heavy (non-hydrogen) atoms. The Hall–Kier alpha value is -1.43. The highest BCUT2D eigenvalue weighted by Crippen LogP contribution is 2.11. The second kappa shape index (κ2) is 5.33. The molecular weight excluding hydrogens is 184 g/mol. The first kappa shape index (κ1) is 10.6. The highest BCUT2D eigenvalue weighted by Gasteiger charge is 2.01. The highest BCUT2D eigenvalue weighted by atomic mass is 19.2. The van der Waals surface area contributed by atoms with E-state index in [-0.39, 0.29) is 0 Å². The van der Waals surface area contributed by atoms with E-state index >= 15 is 0 Å². The summed E-state index contributed by atoms with van der Waals surface area (Å²) in [6.45, 7) is 0. The summed E-state index contributed by atoms with van der Waals surface area (Å²) in [7, 11) is 0. The van der Waals surface area contributed by atoms with Gasteiger partial charge in [0.25, 0.3) is 0 Å². The van der Waals surface area contributed by atoms with Gasteiger partial charge in [-0.15, -0.1) is 0 Å². The lowest BCUT2D eigenvalue weighted by molar-refractivity contribution is 0.506. The lowest BCUT2D eigenvalue weighted by Crippen LogP contribution is -1.89. The molecule has 0 aliphatic heterocycles. The lowest BCUT2D eigenvalue weighted by Gasteiger charge is -2.00. The van der Waals surface area contributed by atoms with Crippen molar-refractivity contribution in [1.82, 2.24) is 0 Å². The van der Waals surface area contributed by atoms with Crippen molar-refractivity contribution in [2.24, 2.45) is 0 Å². The zero-order chi connectivity index (χ0) is 10.4. The molecule has 0 aliphatic rings. The Morgan fingerprint density at radius 2 is 1.93 bits per heavy atom. The zero-order valence-corrected chi connectivity index (χ0v) is 7.76. The Morgan fingerprint density at radius 1 is 1.14 bits per heavy atom. The fourth-order valence-electron chi connectivity index (χ4n) is 1.23. The van der Waals surface area contributed by atoms with Crippen molar-refractivity contribution in [1.29, 1.82) is 5.26 Å². The second-order valence-corrected chi connectivity index (χ2v) is 3.11. The smallest absolute Gasteiger partial charge is 0.159 e. The molecule has 3 heteroatoms. The van der Waals surface area contributed by atoms with E-state index in [1.54, 1.807) is 6.07 Å². The first-order valence-electron chi connectivity index (χ1n) is 4.55. The molecule has 0 saturated carbocycles. The summed E-state index contributed by atoms with van der Waals surface area (Å²) in [5.41, 5.74) is 0.779. The topological polar surface area (TPSA) is 23.8 Å². The maximum absolute atomic E-state index is 12.7. The van der Waals surface area contributed by atoms with Crippen LogP contribution in [0, 0.1) is 23.0 Å². The average Bonchev–Trinajstić information content (AvgIpc) is 2.18. The van der Waals surface area contributed by atoms with E-state index in [9.17, 15) is 8.78 Å². The van der Waals surface area contributed by atoms with Crippen molar-refractivity contribution in [3.63, 3.8) is 0 Å². The fourth-order valence-corrected chi connectivity index (χ4v) is 1.23. The maximum Gasteiger partial charge on any atom is 0.159 e. The van der Waals surface area contributed by atoms with Crippen LogP contribution < -0.4 is 0 Å². The van der Waals surface area contributed by atoms with E-state index in [0.717, 1.165) is 24.5 Å². The van der Waals surface area contributed by atoms with Crippen LogP contribution in [0.3, 0.4) is 0 Å². The third-order valence-corrected chi connectivity index (χ3v) is 1.99. The van der Waals surface area contributed by atoms with Crippen molar-refractivity contribution < 1.29 is 8.78 Å². The molecule has 0 fully saturated rings. The van der Waals surface area contributed by atoms with Crippen LogP contribution in [-0.2, 0) is 6.42 Å². The first-order valence-corrected chi connectivity index (χ1v) is 4.55. The minimum Gasteiger partial charge on any atom is -0.204 e. The summed E-state index contributed by atoms with van der Waals surface area (Å²) >= 11 is 0. The molecule has 0 amide bonds. The molecule has 1 nitrogen and oxygen atoms in total. The molecule has 0 aromatic heterocycles. The van der Waals surface area contributed by atoms with Gasteiger partial charge in [0.15, 0.2) is 11.6 Å². The fraction of sp³-hybridized carbons (Fsp3) is 0.364. The van der Waals surface area contributed by atoms with Gasteiger partial charge >= 0.3 is 0 Å². The number of aryl methyl sites for hydroxylation is 1. The van der Waals surface area contributed by atoms with Gasteiger partial charge in [0.1, 0.15) is 0 Å². The van der Waals surface area contributed by atoms with Gasteiger partial charge < -0.3 is 0 Å². The summed E-state index contributed by atoms with van der Waals surface area (Å²) in [5.74, 6) is -1.62. The first-order chi connectivity index (χ1) is 6.74. The van der Waals surface area contributed by atoms with Gasteiger partial charge in [-0.05, 0) is 37.0 Å². The molecule has 0 bridgehead atoms. The van der Waals surface area contributed by atoms with Gasteiger partial charge in [-0.2, -0.15) is 5.26 Å². The molecule has 0 radical (unpaired) electrons. The van der Waals surface area contributed by atoms with E-state index in [1.807, 2.05) is 6.07 Å². The lowest BCUT2D eigenvalue weighted by atomic mass is 10.1. The number of unbranched alkanes of at least 4 members (excludes halogenated alkanes) is 2. The van der Waals surface area contributed by atoms with E-state index in [0.29, 0.717) is 12.8 Å². The summed E-state index contributed by atoms with van der Waals surface area (Å²) in [4.78, 5) is 0. The second-order valence-electron chi connectivity index (χ2n) is 3.11. The minimum absolute atomic E-state index is 0.518. The molecule has 0 unspecified atom stereocenters. The number of hydrogen-bond acceptors (Lipinski definition) is 1. The van der Waals surface area contributed by atoms with Gasteiger partial charge in [0.2, 0.25) is 0 Å². The van der Waals surface area contributed by atoms with Crippen LogP contribution in [0.4, 0.5) is 8.78 Å². The Bertz CT molecular complexity index is 342. The predicted molar refractivity (Wildman–Crippen MR) is 49.5 cm³/mol. The van der Waals surface area contributed by atoms with E-state index < -0.39 is 11.6 Å². The SMILES string of the molecule is N#CCCCCc1ccc(F)c(F)c1. The molecule has 0 heterocycles. The summed E-state index contributed by atoms with van der Waals surface area (Å²) < 4.78 is 25.3. The minimum atomic E-state index is -0.814. The van der Waals surface area contributed by atoms with Crippen LogP contribution in [0.15, 0.2) is 18.2 Å². The van der Waals surface area contributed by atoms with Crippen LogP contribution in [-0.4, -0.2) is 0 Å². The predicted octanol–water partition coefficient (Wildman–Crippen LogP) is 3.20. The number of nitriles is 1. The van der Waals surface area contributed by atoms with Crippen molar-refractivity contribution in [2.45, 2.75) is 25.7 Å². The van der Waals surface area contributed by atoms with E-state index in [2.05, 4.69) is 0 Å². The number of halogens is 2. The molecule has 1 rings (SSSR count). The Morgan fingerprint density at radius 3 is 2.57 bits per heavy atom. The molecule has 1 aromatic rings. The Labute approximate surface area is 82.0 Å². The summed E-state index contributed by atoms with van der Waals surface area (Å²) in [6.07, 6.45) is 2.84. The van der Waals surface area contributed by atoms with E-state index in [4.69, 9.17) is 5.26 Å². The molecule has 0 spiro atoms. The quantitative estimate of drug-likeness (QED) is 0.677. The van der Waals surface area contributed by atoms with Crippen LogP contribution in [0.2, 0.25) is 0 Å². The van der Waals surface area contributed by atoms with Crippen LogP contribution in [0.5, 0.6) is 0 Å². The maximum atomic E-state index is 12.7. The molecule has 1 aromatic carbocycles. The number of benzene rings is 1. The zero-order valence-electron chi connectivity index (χ0n) is 7.76. The summed E-state index contributed by atoms with van der Waals surface area (Å²) in [5, 5.41) is 8.28. The van der Waals surface area contributed by atoms with Gasteiger partial charge in [-0.1, -0.05) is 6.07 Å². The molecule has 0 aliphatic carbocycles. The van der Waals surface area contributed by atoms with Crippen molar-refractivity contribution in [2.75, 3.05) is 0 Å². The van der Waals surface area contributed by atoms with Crippen molar-refractivity contribution >= 4 is 0 Å². The average molecular weight is 195 g/mol. The molecule has 74 valence electrons. The normalized spacial score (nSPS) is 9.79. The van der Waals surface area contributed by atoms with Gasteiger partial charge in [-0.25, -0.2) is 8.78 Å². The Kier molecular flexibility index (Phi) is 4.06.